The summed E-state index contributed by atoms with van der Waals surface area (Å²) in [5.74, 6) is -1.92. The van der Waals surface area contributed by atoms with Gasteiger partial charge in [0, 0.05) is 23.7 Å². The van der Waals surface area contributed by atoms with Gasteiger partial charge in [0.05, 0.1) is 4.88 Å². The van der Waals surface area contributed by atoms with E-state index in [1.54, 1.807) is 12.1 Å². The molecule has 33 heavy (non-hydrogen) atoms. The Bertz CT molecular complexity index is 927. The normalized spacial score (nSPS) is 21.0. The molecule has 4 N–H and O–H groups in total. The van der Waals surface area contributed by atoms with E-state index in [1.807, 2.05) is 0 Å². The molecule has 2 aromatic rings. The lowest BCUT2D eigenvalue weighted by atomic mass is 10.1. The molecule has 2 atom stereocenters. The molecular formula is C24H34FN2O4PS. The molecule has 9 heteroatoms. The highest BCUT2D eigenvalue weighted by molar-refractivity contribution is 7.45. The predicted octanol–water partition coefficient (Wildman–Crippen LogP) is 5.77. The average molecular weight is 497 g/mol. The Morgan fingerprint density at radius 2 is 1.73 bits per heavy atom. The second-order valence-corrected chi connectivity index (χ2v) is 11.0. The number of thiophene rings is 1. The van der Waals surface area contributed by atoms with Crippen molar-refractivity contribution in [2.45, 2.75) is 82.6 Å². The first kappa shape index (κ1) is 26.0. The summed E-state index contributed by atoms with van der Waals surface area (Å²) in [6.07, 6.45) is 14.4. The van der Waals surface area contributed by atoms with Gasteiger partial charge in [-0.15, -0.1) is 11.3 Å². The van der Waals surface area contributed by atoms with Crippen LogP contribution in [0.4, 0.5) is 4.39 Å². The first-order chi connectivity index (χ1) is 15.9. The number of halogens is 1. The minimum Gasteiger partial charge on any atom is -0.365 e. The average Bonchev–Trinajstić information content (AvgIpc) is 3.57. The summed E-state index contributed by atoms with van der Waals surface area (Å²) in [7, 11) is -2.65. The molecule has 0 radical (unpaired) electrons. The Balaban J connectivity index is 0.000000162. The summed E-state index contributed by atoms with van der Waals surface area (Å²) >= 11 is 1.22. The summed E-state index contributed by atoms with van der Waals surface area (Å²) in [6, 6.07) is 6.77. The van der Waals surface area contributed by atoms with Crippen molar-refractivity contribution in [2.75, 3.05) is 6.54 Å². The minimum atomic E-state index is -2.65. The molecular weight excluding hydrogens is 462 g/mol. The van der Waals surface area contributed by atoms with Crippen LogP contribution in [0.15, 0.2) is 24.3 Å². The van der Waals surface area contributed by atoms with Gasteiger partial charge in [0.1, 0.15) is 0 Å². The van der Waals surface area contributed by atoms with Gasteiger partial charge in [-0.25, -0.2) is 4.39 Å². The topological polar surface area (TPSA) is 104 Å². The van der Waals surface area contributed by atoms with Gasteiger partial charge in [0.25, 0.3) is 5.91 Å². The van der Waals surface area contributed by atoms with Crippen LogP contribution in [-0.2, 0) is 4.79 Å². The molecule has 1 saturated carbocycles. The van der Waals surface area contributed by atoms with Gasteiger partial charge < -0.3 is 20.4 Å². The molecule has 1 aromatic heterocycles. The van der Waals surface area contributed by atoms with Crippen molar-refractivity contribution in [1.82, 2.24) is 4.90 Å². The van der Waals surface area contributed by atoms with Crippen molar-refractivity contribution in [3.63, 3.8) is 0 Å². The van der Waals surface area contributed by atoms with Gasteiger partial charge in [-0.2, -0.15) is 0 Å². The number of alkyl halides is 1. The lowest BCUT2D eigenvalue weighted by Crippen LogP contribution is -2.33. The summed E-state index contributed by atoms with van der Waals surface area (Å²) < 4.78 is 14.2. The number of carbonyl (C=O) groups excluding carboxylic acids is 2. The molecule has 1 aromatic carbocycles. The number of benzene rings is 1. The maximum absolute atomic E-state index is 13.4. The van der Waals surface area contributed by atoms with Crippen LogP contribution in [0.5, 0.6) is 0 Å². The third-order valence-corrected chi connectivity index (χ3v) is 8.22. The molecule has 3 aliphatic rings. The van der Waals surface area contributed by atoms with Gasteiger partial charge >= 0.3 is 0 Å². The Kier molecular flexibility index (Phi) is 10.0. The number of rotatable bonds is 3. The zero-order valence-corrected chi connectivity index (χ0v) is 20.6. The number of carbonyl (C=O) groups is 2. The molecule has 3 fully saturated rings. The van der Waals surface area contributed by atoms with Gasteiger partial charge in [-0.3, -0.25) is 9.59 Å². The van der Waals surface area contributed by atoms with E-state index >= 15 is 0 Å². The van der Waals surface area contributed by atoms with Crippen molar-refractivity contribution in [2.24, 2.45) is 5.73 Å². The molecule has 0 bridgehead atoms. The molecule has 2 aliphatic heterocycles. The zero-order chi connectivity index (χ0) is 23.8. The summed E-state index contributed by atoms with van der Waals surface area (Å²) in [4.78, 5) is 42.5. The van der Waals surface area contributed by atoms with Gasteiger partial charge in [0.15, 0.2) is 5.91 Å². The summed E-state index contributed by atoms with van der Waals surface area (Å²) in [5.41, 5.74) is 5.33. The van der Waals surface area contributed by atoms with Crippen molar-refractivity contribution in [3.05, 3.63) is 34.7 Å². The Morgan fingerprint density at radius 3 is 2.36 bits per heavy atom. The SMILES string of the molecule is C1CCCC1.NC(=O)c1cc2cc(C(F)P(O)O)ccc2s1.O=C1CCCCC2CCCN12. The molecule has 182 valence electrons. The highest BCUT2D eigenvalue weighted by Gasteiger charge is 2.29. The van der Waals surface area contributed by atoms with Gasteiger partial charge in [-0.05, 0) is 54.8 Å². The zero-order valence-electron chi connectivity index (χ0n) is 18.9. The first-order valence-corrected chi connectivity index (χ1v) is 13.9. The second kappa shape index (κ2) is 12.7. The quantitative estimate of drug-likeness (QED) is 0.470. The fourth-order valence-electron chi connectivity index (χ4n) is 4.61. The van der Waals surface area contributed by atoms with Crippen LogP contribution in [0, 0.1) is 0 Å². The van der Waals surface area contributed by atoms with Crippen LogP contribution in [-0.4, -0.2) is 39.1 Å². The minimum absolute atomic E-state index is 0.183. The molecule has 0 spiro atoms. The van der Waals surface area contributed by atoms with E-state index < -0.39 is 20.2 Å². The Labute approximate surface area is 199 Å². The summed E-state index contributed by atoms with van der Waals surface area (Å²) in [5, 5.41) is 0.667. The fraction of sp³-hybridized carbons (Fsp3) is 0.583. The number of fused-ring (bicyclic) bond motifs is 2. The van der Waals surface area contributed by atoms with E-state index in [4.69, 9.17) is 15.5 Å². The molecule has 2 amide bonds. The van der Waals surface area contributed by atoms with Crippen molar-refractivity contribution >= 4 is 41.6 Å². The van der Waals surface area contributed by atoms with Gasteiger partial charge in [0.2, 0.25) is 14.3 Å². The standard InChI is InChI=1S/C10H9FNO3PS.C9H15NO.C5H10/c11-9(16(14)15)5-1-2-7-6(3-5)4-8(17-7)10(12)13;11-9-6-2-1-4-8-5-3-7-10(8)9;1-2-4-5-3-1/h1-4,9,14-15H,(H2,12,13);8H,1-7H2;1-5H2. The van der Waals surface area contributed by atoms with Crippen LogP contribution in [0.1, 0.15) is 91.8 Å². The smallest absolute Gasteiger partial charge is 0.258 e. The van der Waals surface area contributed by atoms with Crippen molar-refractivity contribution in [3.8, 4) is 0 Å². The predicted molar refractivity (Wildman–Crippen MR) is 132 cm³/mol. The number of primary amides is 1. The monoisotopic (exact) mass is 496 g/mol. The molecule has 6 nitrogen and oxygen atoms in total. The maximum Gasteiger partial charge on any atom is 0.258 e. The fourth-order valence-corrected chi connectivity index (χ4v) is 5.94. The third-order valence-electron chi connectivity index (χ3n) is 6.39. The van der Waals surface area contributed by atoms with Crippen LogP contribution in [0.3, 0.4) is 0 Å². The maximum atomic E-state index is 13.4. The molecule has 1 aliphatic carbocycles. The van der Waals surface area contributed by atoms with E-state index in [2.05, 4.69) is 4.90 Å². The molecule has 5 rings (SSSR count). The number of nitrogens with two attached hydrogens (primary N) is 1. The highest BCUT2D eigenvalue weighted by atomic mass is 32.1. The van der Waals surface area contributed by atoms with Crippen molar-refractivity contribution in [1.29, 1.82) is 0 Å². The lowest BCUT2D eigenvalue weighted by Gasteiger charge is -2.21. The van der Waals surface area contributed by atoms with Crippen LogP contribution in [0.2, 0.25) is 0 Å². The molecule has 3 heterocycles. The van der Waals surface area contributed by atoms with E-state index in [0.717, 1.165) is 24.1 Å². The molecule has 2 saturated heterocycles. The molecule has 2 unspecified atom stereocenters. The Hall–Kier alpha value is -1.60. The van der Waals surface area contributed by atoms with E-state index in [1.165, 1.54) is 81.3 Å². The van der Waals surface area contributed by atoms with E-state index in [0.29, 0.717) is 22.2 Å². The van der Waals surface area contributed by atoms with Crippen LogP contribution < -0.4 is 5.73 Å². The van der Waals surface area contributed by atoms with Crippen LogP contribution in [0.25, 0.3) is 10.1 Å². The number of nitrogens with zero attached hydrogens (tertiary/aromatic N) is 1. The van der Waals surface area contributed by atoms with Crippen molar-refractivity contribution < 1.29 is 23.8 Å². The lowest BCUT2D eigenvalue weighted by molar-refractivity contribution is -0.131. The van der Waals surface area contributed by atoms with Crippen LogP contribution >= 0.6 is 19.7 Å². The summed E-state index contributed by atoms with van der Waals surface area (Å²) in [6.45, 7) is 1.03. The number of hydrogen-bond acceptors (Lipinski definition) is 5. The highest BCUT2D eigenvalue weighted by Crippen LogP contribution is 2.45. The van der Waals surface area contributed by atoms with E-state index in [-0.39, 0.29) is 5.56 Å². The number of hydrogen-bond donors (Lipinski definition) is 3. The van der Waals surface area contributed by atoms with Gasteiger partial charge in [-0.1, -0.05) is 44.6 Å². The third kappa shape index (κ3) is 7.44. The first-order valence-electron chi connectivity index (χ1n) is 11.8. The van der Waals surface area contributed by atoms with E-state index in [9.17, 15) is 14.0 Å². The second-order valence-electron chi connectivity index (χ2n) is 8.83. The Morgan fingerprint density at radius 1 is 1.06 bits per heavy atom. The largest absolute Gasteiger partial charge is 0.365 e. The number of amides is 2.